The first-order valence-corrected chi connectivity index (χ1v) is 7.07. The van der Waals surface area contributed by atoms with Gasteiger partial charge in [-0.15, -0.1) is 0 Å². The van der Waals surface area contributed by atoms with E-state index >= 15 is 0 Å². The zero-order valence-electron chi connectivity index (χ0n) is 12.6. The number of rotatable bonds is 7. The molecule has 0 saturated carbocycles. The number of hydrogen-bond donors (Lipinski definition) is 2. The van der Waals surface area contributed by atoms with Crippen molar-refractivity contribution in [1.82, 2.24) is 4.90 Å². The summed E-state index contributed by atoms with van der Waals surface area (Å²) in [4.78, 5) is 14.5. The molecule has 1 heterocycles. The lowest BCUT2D eigenvalue weighted by atomic mass is 9.97. The van der Waals surface area contributed by atoms with E-state index in [-0.39, 0.29) is 11.9 Å². The number of benzene rings is 1. The van der Waals surface area contributed by atoms with Gasteiger partial charge in [-0.25, -0.2) is 0 Å². The number of fused-ring (bicyclic) bond motifs is 1. The lowest BCUT2D eigenvalue weighted by molar-refractivity contribution is -0.122. The van der Waals surface area contributed by atoms with E-state index in [0.29, 0.717) is 38.4 Å². The summed E-state index contributed by atoms with van der Waals surface area (Å²) >= 11 is 0. The lowest BCUT2D eigenvalue weighted by Gasteiger charge is -2.34. The monoisotopic (exact) mass is 293 g/mol. The highest BCUT2D eigenvalue weighted by Crippen LogP contribution is 2.26. The first kappa shape index (κ1) is 15.8. The van der Waals surface area contributed by atoms with Gasteiger partial charge in [0.1, 0.15) is 0 Å². The van der Waals surface area contributed by atoms with Gasteiger partial charge < -0.3 is 20.5 Å². The summed E-state index contributed by atoms with van der Waals surface area (Å²) in [5.74, 6) is 0.000283. The van der Waals surface area contributed by atoms with Crippen molar-refractivity contribution in [2.75, 3.05) is 51.6 Å². The van der Waals surface area contributed by atoms with Crippen molar-refractivity contribution in [1.29, 1.82) is 0 Å². The van der Waals surface area contributed by atoms with E-state index in [9.17, 15) is 4.79 Å². The third-order valence-corrected chi connectivity index (χ3v) is 3.71. The van der Waals surface area contributed by atoms with Crippen LogP contribution in [0.4, 0.5) is 11.4 Å². The SMILES string of the molecule is COCCN(CCOC)C1Cc2ccc(N)cc2NC1=O. The van der Waals surface area contributed by atoms with Crippen LogP contribution < -0.4 is 11.1 Å². The van der Waals surface area contributed by atoms with Crippen molar-refractivity contribution in [2.45, 2.75) is 12.5 Å². The van der Waals surface area contributed by atoms with Crippen molar-refractivity contribution in [3.05, 3.63) is 23.8 Å². The Morgan fingerprint density at radius 3 is 2.57 bits per heavy atom. The number of ether oxygens (including phenoxy) is 2. The molecular formula is C15H23N3O3. The number of nitrogens with zero attached hydrogens (tertiary/aromatic N) is 1. The number of methoxy groups -OCH3 is 2. The molecule has 0 fully saturated rings. The third kappa shape index (κ3) is 3.93. The van der Waals surface area contributed by atoms with Crippen LogP contribution in [0.2, 0.25) is 0 Å². The number of nitrogens with two attached hydrogens (primary N) is 1. The quantitative estimate of drug-likeness (QED) is 0.725. The molecule has 1 unspecified atom stereocenters. The van der Waals surface area contributed by atoms with Crippen molar-refractivity contribution in [2.24, 2.45) is 0 Å². The Bertz CT molecular complexity index is 485. The number of nitrogen functional groups attached to an aromatic ring is 1. The maximum Gasteiger partial charge on any atom is 0.242 e. The van der Waals surface area contributed by atoms with Gasteiger partial charge in [-0.05, 0) is 24.1 Å². The number of carbonyl (C=O) groups excluding carboxylic acids is 1. The fourth-order valence-corrected chi connectivity index (χ4v) is 2.54. The summed E-state index contributed by atoms with van der Waals surface area (Å²) in [5, 5.41) is 2.94. The molecule has 0 bridgehead atoms. The Morgan fingerprint density at radius 1 is 1.29 bits per heavy atom. The van der Waals surface area contributed by atoms with Crippen molar-refractivity contribution >= 4 is 17.3 Å². The van der Waals surface area contributed by atoms with Gasteiger partial charge in [0.2, 0.25) is 5.91 Å². The summed E-state index contributed by atoms with van der Waals surface area (Å²) in [5.41, 5.74) is 8.33. The molecule has 6 nitrogen and oxygen atoms in total. The Kier molecular flexibility index (Phi) is 5.55. The topological polar surface area (TPSA) is 76.8 Å². The van der Waals surface area contributed by atoms with Crippen LogP contribution in [0.5, 0.6) is 0 Å². The minimum Gasteiger partial charge on any atom is -0.399 e. The molecule has 1 aliphatic rings. The third-order valence-electron chi connectivity index (χ3n) is 3.71. The number of nitrogens with one attached hydrogen (secondary N) is 1. The van der Waals surface area contributed by atoms with Crippen LogP contribution >= 0.6 is 0 Å². The molecule has 0 saturated heterocycles. The Morgan fingerprint density at radius 2 is 1.95 bits per heavy atom. The van der Waals surface area contributed by atoms with Gasteiger partial charge in [-0.3, -0.25) is 9.69 Å². The lowest BCUT2D eigenvalue weighted by Crippen LogP contribution is -2.50. The number of amides is 1. The molecule has 0 aromatic heterocycles. The zero-order chi connectivity index (χ0) is 15.2. The molecule has 1 aliphatic heterocycles. The van der Waals surface area contributed by atoms with Crippen LogP contribution in [-0.4, -0.2) is 57.4 Å². The predicted molar refractivity (Wildman–Crippen MR) is 82.3 cm³/mol. The summed E-state index contributed by atoms with van der Waals surface area (Å²) in [7, 11) is 3.32. The largest absolute Gasteiger partial charge is 0.399 e. The predicted octanol–water partition coefficient (Wildman–Crippen LogP) is 0.727. The minimum atomic E-state index is -0.202. The summed E-state index contributed by atoms with van der Waals surface area (Å²) in [6.45, 7) is 2.56. The highest BCUT2D eigenvalue weighted by atomic mass is 16.5. The molecule has 1 aromatic rings. The minimum absolute atomic E-state index is 0.000283. The van der Waals surface area contributed by atoms with Gasteiger partial charge in [0.25, 0.3) is 0 Å². The second kappa shape index (κ2) is 7.40. The van der Waals surface area contributed by atoms with Crippen LogP contribution in [0.15, 0.2) is 18.2 Å². The van der Waals surface area contributed by atoms with Gasteiger partial charge >= 0.3 is 0 Å². The van der Waals surface area contributed by atoms with Crippen molar-refractivity contribution in [3.8, 4) is 0 Å². The number of hydrogen-bond acceptors (Lipinski definition) is 5. The Balaban J connectivity index is 2.13. The number of anilines is 2. The first-order valence-electron chi connectivity index (χ1n) is 7.07. The van der Waals surface area contributed by atoms with Gasteiger partial charge in [0.15, 0.2) is 0 Å². The molecule has 6 heteroatoms. The van der Waals surface area contributed by atoms with Crippen molar-refractivity contribution in [3.63, 3.8) is 0 Å². The average Bonchev–Trinajstić information content (AvgIpc) is 2.47. The van der Waals surface area contributed by atoms with Gasteiger partial charge in [-0.2, -0.15) is 0 Å². The van der Waals surface area contributed by atoms with Gasteiger partial charge in [0.05, 0.1) is 19.3 Å². The maximum absolute atomic E-state index is 12.4. The zero-order valence-corrected chi connectivity index (χ0v) is 12.6. The molecule has 0 spiro atoms. The van der Waals surface area contributed by atoms with Crippen LogP contribution in [0.3, 0.4) is 0 Å². The molecule has 0 radical (unpaired) electrons. The van der Waals surface area contributed by atoms with E-state index in [1.165, 1.54) is 0 Å². The normalized spacial score (nSPS) is 17.7. The van der Waals surface area contributed by atoms with E-state index in [4.69, 9.17) is 15.2 Å². The van der Waals surface area contributed by atoms with Crippen LogP contribution in [0, 0.1) is 0 Å². The molecule has 1 aromatic carbocycles. The standard InChI is InChI=1S/C15H23N3O3/c1-20-7-5-18(6-8-21-2)14-9-11-3-4-12(16)10-13(11)17-15(14)19/h3-4,10,14H,5-9,16H2,1-2H3,(H,17,19). The van der Waals surface area contributed by atoms with E-state index in [1.807, 2.05) is 12.1 Å². The van der Waals surface area contributed by atoms with Gasteiger partial charge in [-0.1, -0.05) is 6.07 Å². The summed E-state index contributed by atoms with van der Waals surface area (Å²) in [6, 6.07) is 5.44. The first-order chi connectivity index (χ1) is 10.2. The molecule has 2 rings (SSSR count). The molecular weight excluding hydrogens is 270 g/mol. The summed E-state index contributed by atoms with van der Waals surface area (Å²) < 4.78 is 10.3. The smallest absolute Gasteiger partial charge is 0.242 e. The van der Waals surface area contributed by atoms with E-state index in [1.54, 1.807) is 20.3 Å². The van der Waals surface area contributed by atoms with Crippen LogP contribution in [0.1, 0.15) is 5.56 Å². The Hall–Kier alpha value is -1.63. The fourth-order valence-electron chi connectivity index (χ4n) is 2.54. The van der Waals surface area contributed by atoms with E-state index < -0.39 is 0 Å². The van der Waals surface area contributed by atoms with Gasteiger partial charge in [0, 0.05) is 38.7 Å². The second-order valence-corrected chi connectivity index (χ2v) is 5.15. The average molecular weight is 293 g/mol. The highest BCUT2D eigenvalue weighted by Gasteiger charge is 2.30. The van der Waals surface area contributed by atoms with E-state index in [2.05, 4.69) is 10.2 Å². The van der Waals surface area contributed by atoms with Crippen molar-refractivity contribution < 1.29 is 14.3 Å². The summed E-state index contributed by atoms with van der Waals surface area (Å²) in [6.07, 6.45) is 0.675. The molecule has 0 aliphatic carbocycles. The molecule has 21 heavy (non-hydrogen) atoms. The maximum atomic E-state index is 12.4. The molecule has 1 amide bonds. The fraction of sp³-hybridized carbons (Fsp3) is 0.533. The Labute approximate surface area is 125 Å². The van der Waals surface area contributed by atoms with Crippen LogP contribution in [0.25, 0.3) is 0 Å². The van der Waals surface area contributed by atoms with E-state index in [0.717, 1.165) is 11.3 Å². The molecule has 3 N–H and O–H groups in total. The highest BCUT2D eigenvalue weighted by molar-refractivity contribution is 5.98. The molecule has 1 atom stereocenters. The second-order valence-electron chi connectivity index (χ2n) is 5.15. The molecule has 116 valence electrons. The van der Waals surface area contributed by atoms with Crippen LogP contribution in [-0.2, 0) is 20.7 Å². The number of carbonyl (C=O) groups is 1.